The number of carbonyl (C=O) groups excluding carboxylic acids is 1. The van der Waals surface area contributed by atoms with Crippen molar-refractivity contribution in [1.82, 2.24) is 15.2 Å². The molecule has 0 radical (unpaired) electrons. The first-order chi connectivity index (χ1) is 11.5. The summed E-state index contributed by atoms with van der Waals surface area (Å²) in [5.41, 5.74) is 4.28. The molecule has 0 saturated heterocycles. The van der Waals surface area contributed by atoms with E-state index in [1.807, 2.05) is 32.0 Å². The number of rotatable bonds is 6. The lowest BCUT2D eigenvalue weighted by Crippen LogP contribution is -2.41. The molecule has 1 heterocycles. The molecule has 1 aromatic heterocycles. The van der Waals surface area contributed by atoms with Crippen LogP contribution in [0, 0.1) is 13.8 Å². The second kappa shape index (κ2) is 8.45. The van der Waals surface area contributed by atoms with E-state index < -0.39 is 0 Å². The van der Waals surface area contributed by atoms with Gasteiger partial charge >= 0.3 is 6.03 Å². The first-order valence-electron chi connectivity index (χ1n) is 7.99. The standard InChI is InChI=1S/C19H25N3O2/c1-14-8-9-15(2)16(11-14)12-21-19(23)22(3)18(13-24-4)17-7-5-6-10-20-17/h5-11,18H,12-13H2,1-4H3,(H,21,23). The monoisotopic (exact) mass is 327 g/mol. The minimum atomic E-state index is -0.227. The van der Waals surface area contributed by atoms with Gasteiger partial charge in [-0.25, -0.2) is 4.79 Å². The predicted molar refractivity (Wildman–Crippen MR) is 94.8 cm³/mol. The summed E-state index contributed by atoms with van der Waals surface area (Å²) in [6.45, 7) is 4.99. The normalized spacial score (nSPS) is 11.8. The number of amides is 2. The van der Waals surface area contributed by atoms with Gasteiger partial charge in [0.2, 0.25) is 0 Å². The zero-order chi connectivity index (χ0) is 17.5. The Hall–Kier alpha value is -2.40. The van der Waals surface area contributed by atoms with E-state index in [1.165, 1.54) is 11.1 Å². The Morgan fingerprint density at radius 2 is 2.08 bits per heavy atom. The fourth-order valence-corrected chi connectivity index (χ4v) is 2.55. The van der Waals surface area contributed by atoms with Gasteiger partial charge < -0.3 is 15.0 Å². The Kier molecular flexibility index (Phi) is 6.32. The summed E-state index contributed by atoms with van der Waals surface area (Å²) in [7, 11) is 3.38. The van der Waals surface area contributed by atoms with Crippen molar-refractivity contribution in [1.29, 1.82) is 0 Å². The third kappa shape index (κ3) is 4.55. The lowest BCUT2D eigenvalue weighted by atomic mass is 10.1. The number of hydrogen-bond donors (Lipinski definition) is 1. The number of likely N-dealkylation sites (N-methyl/N-ethyl adjacent to an activating group) is 1. The Labute approximate surface area is 143 Å². The van der Waals surface area contributed by atoms with Gasteiger partial charge in [0.1, 0.15) is 0 Å². The van der Waals surface area contributed by atoms with Gasteiger partial charge in [0.05, 0.1) is 18.3 Å². The fraction of sp³-hybridized carbons (Fsp3) is 0.368. The molecule has 0 fully saturated rings. The van der Waals surface area contributed by atoms with Crippen LogP contribution in [0.1, 0.15) is 28.4 Å². The molecule has 24 heavy (non-hydrogen) atoms. The summed E-state index contributed by atoms with van der Waals surface area (Å²) in [6.07, 6.45) is 1.72. The van der Waals surface area contributed by atoms with E-state index in [1.54, 1.807) is 25.3 Å². The Bertz CT molecular complexity index is 674. The Morgan fingerprint density at radius 1 is 1.29 bits per heavy atom. The number of ether oxygens (including phenoxy) is 1. The van der Waals surface area contributed by atoms with Gasteiger partial charge in [-0.1, -0.05) is 29.8 Å². The second-order valence-electron chi connectivity index (χ2n) is 5.93. The highest BCUT2D eigenvalue weighted by atomic mass is 16.5. The maximum Gasteiger partial charge on any atom is 0.318 e. The smallest absolute Gasteiger partial charge is 0.318 e. The van der Waals surface area contributed by atoms with Gasteiger partial charge in [0.25, 0.3) is 0 Å². The number of aryl methyl sites for hydroxylation is 2. The number of aromatic nitrogens is 1. The van der Waals surface area contributed by atoms with Gasteiger partial charge in [-0.15, -0.1) is 0 Å². The Morgan fingerprint density at radius 3 is 2.75 bits per heavy atom. The summed E-state index contributed by atoms with van der Waals surface area (Å²) in [4.78, 5) is 18.5. The molecule has 0 aliphatic rings. The number of nitrogens with zero attached hydrogens (tertiary/aromatic N) is 2. The molecule has 0 saturated carbocycles. The van der Waals surface area contributed by atoms with Crippen molar-refractivity contribution in [2.24, 2.45) is 0 Å². The molecule has 2 amide bonds. The molecule has 2 rings (SSSR count). The summed E-state index contributed by atoms with van der Waals surface area (Å²) < 4.78 is 5.27. The molecule has 5 nitrogen and oxygen atoms in total. The van der Waals surface area contributed by atoms with Crippen LogP contribution in [-0.2, 0) is 11.3 Å². The maximum absolute atomic E-state index is 12.5. The molecule has 0 bridgehead atoms. The van der Waals surface area contributed by atoms with Crippen molar-refractivity contribution in [3.63, 3.8) is 0 Å². The number of nitrogens with one attached hydrogen (secondary N) is 1. The van der Waals surface area contributed by atoms with Crippen molar-refractivity contribution in [3.8, 4) is 0 Å². The van der Waals surface area contributed by atoms with Crippen LogP contribution in [-0.4, -0.2) is 36.7 Å². The van der Waals surface area contributed by atoms with Gasteiger partial charge in [0.15, 0.2) is 0 Å². The van der Waals surface area contributed by atoms with Crippen LogP contribution >= 0.6 is 0 Å². The van der Waals surface area contributed by atoms with E-state index in [-0.39, 0.29) is 12.1 Å². The van der Waals surface area contributed by atoms with Gasteiger partial charge in [-0.2, -0.15) is 0 Å². The van der Waals surface area contributed by atoms with E-state index in [0.29, 0.717) is 13.2 Å². The lowest BCUT2D eigenvalue weighted by Gasteiger charge is -2.27. The SMILES string of the molecule is COCC(c1ccccn1)N(C)C(=O)NCc1cc(C)ccc1C. The second-order valence-corrected chi connectivity index (χ2v) is 5.93. The molecule has 1 unspecified atom stereocenters. The summed E-state index contributed by atoms with van der Waals surface area (Å²) in [5.74, 6) is 0. The molecular formula is C19H25N3O2. The number of urea groups is 1. The van der Waals surface area contributed by atoms with E-state index >= 15 is 0 Å². The first kappa shape index (κ1) is 17.9. The molecule has 1 N–H and O–H groups in total. The summed E-state index contributed by atoms with van der Waals surface area (Å²) in [5, 5.41) is 2.98. The largest absolute Gasteiger partial charge is 0.382 e. The molecule has 0 aliphatic heterocycles. The zero-order valence-electron chi connectivity index (χ0n) is 14.7. The minimum Gasteiger partial charge on any atom is -0.382 e. The van der Waals surface area contributed by atoms with Gasteiger partial charge in [-0.05, 0) is 37.1 Å². The lowest BCUT2D eigenvalue weighted by molar-refractivity contribution is 0.114. The molecule has 128 valence electrons. The average molecular weight is 327 g/mol. The molecule has 5 heteroatoms. The maximum atomic E-state index is 12.5. The van der Waals surface area contributed by atoms with E-state index in [9.17, 15) is 4.79 Å². The zero-order valence-corrected chi connectivity index (χ0v) is 14.7. The highest BCUT2D eigenvalue weighted by Gasteiger charge is 2.22. The fourth-order valence-electron chi connectivity index (χ4n) is 2.55. The topological polar surface area (TPSA) is 54.5 Å². The third-order valence-corrected chi connectivity index (χ3v) is 4.08. The highest BCUT2D eigenvalue weighted by molar-refractivity contribution is 5.74. The van der Waals surface area contributed by atoms with Crippen LogP contribution in [0.3, 0.4) is 0 Å². The van der Waals surface area contributed by atoms with Crippen molar-refractivity contribution < 1.29 is 9.53 Å². The van der Waals surface area contributed by atoms with E-state index in [0.717, 1.165) is 11.3 Å². The first-order valence-corrected chi connectivity index (χ1v) is 7.99. The molecule has 1 atom stereocenters. The number of benzene rings is 1. The van der Waals surface area contributed by atoms with Crippen molar-refractivity contribution in [3.05, 3.63) is 65.0 Å². The summed E-state index contributed by atoms with van der Waals surface area (Å²) >= 11 is 0. The number of pyridine rings is 1. The molecule has 2 aromatic rings. The average Bonchev–Trinajstić information content (AvgIpc) is 2.60. The van der Waals surface area contributed by atoms with Crippen molar-refractivity contribution >= 4 is 6.03 Å². The molecular weight excluding hydrogens is 302 g/mol. The van der Waals surface area contributed by atoms with Crippen molar-refractivity contribution in [2.45, 2.75) is 26.4 Å². The van der Waals surface area contributed by atoms with E-state index in [4.69, 9.17) is 4.74 Å². The van der Waals surface area contributed by atoms with Crippen LogP contribution in [0.15, 0.2) is 42.6 Å². The van der Waals surface area contributed by atoms with Crippen LogP contribution in [0.4, 0.5) is 4.79 Å². The Balaban J connectivity index is 2.05. The summed E-state index contributed by atoms with van der Waals surface area (Å²) in [6, 6.07) is 11.5. The molecule has 1 aromatic carbocycles. The number of carbonyl (C=O) groups is 1. The van der Waals surface area contributed by atoms with Crippen LogP contribution < -0.4 is 5.32 Å². The van der Waals surface area contributed by atoms with Crippen LogP contribution in [0.2, 0.25) is 0 Å². The molecule has 0 aliphatic carbocycles. The third-order valence-electron chi connectivity index (χ3n) is 4.08. The van der Waals surface area contributed by atoms with Gasteiger partial charge in [-0.3, -0.25) is 4.98 Å². The van der Waals surface area contributed by atoms with Crippen LogP contribution in [0.5, 0.6) is 0 Å². The highest BCUT2D eigenvalue weighted by Crippen LogP contribution is 2.18. The number of hydrogen-bond acceptors (Lipinski definition) is 3. The van der Waals surface area contributed by atoms with E-state index in [2.05, 4.69) is 28.5 Å². The van der Waals surface area contributed by atoms with Crippen LogP contribution in [0.25, 0.3) is 0 Å². The predicted octanol–water partition coefficient (Wildman–Crippen LogP) is 3.23. The number of methoxy groups -OCH3 is 1. The quantitative estimate of drug-likeness (QED) is 0.886. The minimum absolute atomic E-state index is 0.149. The van der Waals surface area contributed by atoms with Crippen molar-refractivity contribution in [2.75, 3.05) is 20.8 Å². The van der Waals surface area contributed by atoms with Gasteiger partial charge in [0, 0.05) is 26.9 Å². The molecule has 0 spiro atoms.